The fourth-order valence-electron chi connectivity index (χ4n) is 2.63. The summed E-state index contributed by atoms with van der Waals surface area (Å²) in [5, 5.41) is 18.7. The third kappa shape index (κ3) is 3.65. The van der Waals surface area contributed by atoms with Gasteiger partial charge in [0.05, 0.1) is 28.4 Å². The number of hydrogen-bond acceptors (Lipinski definition) is 3. The van der Waals surface area contributed by atoms with Crippen LogP contribution in [0.2, 0.25) is 5.02 Å². The van der Waals surface area contributed by atoms with Gasteiger partial charge >= 0.3 is 6.18 Å². The summed E-state index contributed by atoms with van der Waals surface area (Å²) in [6.07, 6.45) is -1.52. The Morgan fingerprint density at radius 1 is 1.19 bits per heavy atom. The number of aromatic nitrogens is 2. The third-order valence-electron chi connectivity index (χ3n) is 3.83. The Labute approximate surface area is 152 Å². The Morgan fingerprint density at radius 2 is 1.96 bits per heavy atom. The molecule has 0 radical (unpaired) electrons. The van der Waals surface area contributed by atoms with Gasteiger partial charge in [-0.1, -0.05) is 29.8 Å². The lowest BCUT2D eigenvalue weighted by molar-refractivity contribution is -0.138. The summed E-state index contributed by atoms with van der Waals surface area (Å²) >= 11 is 6.03. The van der Waals surface area contributed by atoms with Crippen LogP contribution in [0, 0.1) is 11.3 Å². The van der Waals surface area contributed by atoms with Crippen LogP contribution in [0.1, 0.15) is 28.3 Å². The minimum Gasteiger partial charge on any atom is -0.374 e. The molecule has 8 heteroatoms. The molecule has 0 saturated heterocycles. The van der Waals surface area contributed by atoms with E-state index in [4.69, 9.17) is 16.9 Å². The van der Waals surface area contributed by atoms with E-state index < -0.39 is 17.8 Å². The monoisotopic (exact) mass is 376 g/mol. The van der Waals surface area contributed by atoms with E-state index in [0.717, 1.165) is 6.07 Å². The van der Waals surface area contributed by atoms with Gasteiger partial charge in [0.25, 0.3) is 0 Å². The summed E-state index contributed by atoms with van der Waals surface area (Å²) in [4.78, 5) is 0. The van der Waals surface area contributed by atoms with Crippen LogP contribution in [-0.4, -0.2) is 10.2 Å². The SMILES string of the molecule is N#Cc1ccc(NC(c2cn[nH]c2)c2ccccc2C(F)(F)F)cc1Cl. The molecular formula is C18H12ClF3N4. The van der Waals surface area contributed by atoms with Gasteiger partial charge in [0, 0.05) is 17.4 Å². The minimum absolute atomic E-state index is 0.0573. The highest BCUT2D eigenvalue weighted by molar-refractivity contribution is 6.32. The molecular weight excluding hydrogens is 365 g/mol. The predicted octanol–water partition coefficient (Wildman–Crippen LogP) is 5.16. The van der Waals surface area contributed by atoms with Crippen LogP contribution in [0.3, 0.4) is 0 Å². The van der Waals surface area contributed by atoms with E-state index in [0.29, 0.717) is 11.3 Å². The normalized spacial score (nSPS) is 12.4. The van der Waals surface area contributed by atoms with Gasteiger partial charge in [0.15, 0.2) is 0 Å². The van der Waals surface area contributed by atoms with Crippen molar-refractivity contribution >= 4 is 17.3 Å². The van der Waals surface area contributed by atoms with Gasteiger partial charge in [0.2, 0.25) is 0 Å². The van der Waals surface area contributed by atoms with E-state index in [1.54, 1.807) is 12.1 Å². The predicted molar refractivity (Wildman–Crippen MR) is 91.7 cm³/mol. The van der Waals surface area contributed by atoms with E-state index in [1.807, 2.05) is 6.07 Å². The highest BCUT2D eigenvalue weighted by atomic mass is 35.5. The third-order valence-corrected chi connectivity index (χ3v) is 4.14. The summed E-state index contributed by atoms with van der Waals surface area (Å²) in [5.74, 6) is 0. The zero-order chi connectivity index (χ0) is 18.7. The molecule has 4 nitrogen and oxygen atoms in total. The molecule has 0 saturated carbocycles. The lowest BCUT2D eigenvalue weighted by Gasteiger charge is -2.23. The first-order valence-corrected chi connectivity index (χ1v) is 7.89. The maximum atomic E-state index is 13.4. The van der Waals surface area contributed by atoms with Crippen LogP contribution in [0.5, 0.6) is 0 Å². The fourth-order valence-corrected chi connectivity index (χ4v) is 2.85. The molecule has 0 fully saturated rings. The second kappa shape index (κ2) is 7.10. The van der Waals surface area contributed by atoms with Gasteiger partial charge in [0.1, 0.15) is 6.07 Å². The van der Waals surface area contributed by atoms with Crippen LogP contribution < -0.4 is 5.32 Å². The van der Waals surface area contributed by atoms with Crippen LogP contribution in [0.4, 0.5) is 18.9 Å². The van der Waals surface area contributed by atoms with Crippen LogP contribution in [-0.2, 0) is 6.18 Å². The molecule has 132 valence electrons. The highest BCUT2D eigenvalue weighted by Gasteiger charge is 2.35. The average molecular weight is 377 g/mol. The van der Waals surface area contributed by atoms with Crippen molar-refractivity contribution in [2.45, 2.75) is 12.2 Å². The number of anilines is 1. The molecule has 2 aromatic carbocycles. The molecule has 0 spiro atoms. The molecule has 0 aliphatic rings. The van der Waals surface area contributed by atoms with Gasteiger partial charge in [-0.3, -0.25) is 5.10 Å². The van der Waals surface area contributed by atoms with Crippen LogP contribution in [0.25, 0.3) is 0 Å². The standard InChI is InChI=1S/C18H12ClF3N4/c19-16-7-13(6-5-11(16)8-23)26-17(12-9-24-25-10-12)14-3-1-2-4-15(14)18(20,21)22/h1-7,9-10,17,26H,(H,24,25). The second-order valence-corrected chi connectivity index (χ2v) is 5.91. The number of H-pyrrole nitrogens is 1. The molecule has 1 unspecified atom stereocenters. The van der Waals surface area contributed by atoms with Crippen molar-refractivity contribution in [2.24, 2.45) is 0 Å². The number of aromatic amines is 1. The molecule has 2 N–H and O–H groups in total. The van der Waals surface area contributed by atoms with Crippen LogP contribution in [0.15, 0.2) is 54.9 Å². The summed E-state index contributed by atoms with van der Waals surface area (Å²) in [5.41, 5.74) is 0.618. The number of benzene rings is 2. The summed E-state index contributed by atoms with van der Waals surface area (Å²) in [7, 11) is 0. The smallest absolute Gasteiger partial charge is 0.374 e. The number of nitrogens with zero attached hydrogens (tertiary/aromatic N) is 2. The van der Waals surface area contributed by atoms with E-state index >= 15 is 0 Å². The largest absolute Gasteiger partial charge is 0.416 e. The topological polar surface area (TPSA) is 64.5 Å². The van der Waals surface area contributed by atoms with Gasteiger partial charge in [-0.15, -0.1) is 0 Å². The number of nitriles is 1. The van der Waals surface area contributed by atoms with Crippen molar-refractivity contribution in [3.05, 3.63) is 82.1 Å². The van der Waals surface area contributed by atoms with Crippen molar-refractivity contribution in [1.82, 2.24) is 10.2 Å². The lowest BCUT2D eigenvalue weighted by atomic mass is 9.95. The van der Waals surface area contributed by atoms with Gasteiger partial charge in [-0.05, 0) is 29.8 Å². The molecule has 1 atom stereocenters. The lowest BCUT2D eigenvalue weighted by Crippen LogP contribution is -2.18. The Morgan fingerprint density at radius 3 is 2.58 bits per heavy atom. The van der Waals surface area contributed by atoms with Crippen LogP contribution >= 0.6 is 11.6 Å². The van der Waals surface area contributed by atoms with Gasteiger partial charge in [-0.2, -0.15) is 23.5 Å². The van der Waals surface area contributed by atoms with Gasteiger partial charge < -0.3 is 5.32 Å². The fraction of sp³-hybridized carbons (Fsp3) is 0.111. The first-order valence-electron chi connectivity index (χ1n) is 7.51. The zero-order valence-corrected chi connectivity index (χ0v) is 13.9. The Bertz CT molecular complexity index is 946. The first-order chi connectivity index (χ1) is 12.4. The molecule has 1 aromatic heterocycles. The highest BCUT2D eigenvalue weighted by Crippen LogP contribution is 2.38. The van der Waals surface area contributed by atoms with Crippen molar-refractivity contribution < 1.29 is 13.2 Å². The molecule has 26 heavy (non-hydrogen) atoms. The Kier molecular flexibility index (Phi) is 4.87. The quantitative estimate of drug-likeness (QED) is 0.661. The van der Waals surface area contributed by atoms with E-state index in [2.05, 4.69) is 15.5 Å². The second-order valence-electron chi connectivity index (χ2n) is 5.50. The minimum atomic E-state index is -4.50. The maximum absolute atomic E-state index is 13.4. The number of rotatable bonds is 4. The Hall–Kier alpha value is -2.98. The van der Waals surface area contributed by atoms with E-state index in [-0.39, 0.29) is 16.1 Å². The summed E-state index contributed by atoms with van der Waals surface area (Å²) < 4.78 is 40.3. The number of halogens is 4. The molecule has 0 aliphatic heterocycles. The summed E-state index contributed by atoms with van der Waals surface area (Å²) in [6.45, 7) is 0. The zero-order valence-electron chi connectivity index (χ0n) is 13.2. The van der Waals surface area contributed by atoms with Gasteiger partial charge in [-0.25, -0.2) is 0 Å². The molecule has 3 aromatic rings. The number of nitrogens with one attached hydrogen (secondary N) is 2. The van der Waals surface area contributed by atoms with Crippen molar-refractivity contribution in [1.29, 1.82) is 5.26 Å². The molecule has 0 bridgehead atoms. The maximum Gasteiger partial charge on any atom is 0.416 e. The van der Waals surface area contributed by atoms with Crippen molar-refractivity contribution in [2.75, 3.05) is 5.32 Å². The molecule has 1 heterocycles. The first kappa shape index (κ1) is 17.8. The molecule has 0 amide bonds. The molecule has 0 aliphatic carbocycles. The van der Waals surface area contributed by atoms with Crippen molar-refractivity contribution in [3.8, 4) is 6.07 Å². The average Bonchev–Trinajstić information content (AvgIpc) is 3.13. The van der Waals surface area contributed by atoms with Crippen molar-refractivity contribution in [3.63, 3.8) is 0 Å². The summed E-state index contributed by atoms with van der Waals surface area (Å²) in [6, 6.07) is 11.1. The number of hydrogen-bond donors (Lipinski definition) is 2. The van der Waals surface area contributed by atoms with E-state index in [1.165, 1.54) is 36.7 Å². The van der Waals surface area contributed by atoms with E-state index in [9.17, 15) is 13.2 Å². The molecule has 3 rings (SSSR count). The Balaban J connectivity index is 2.06. The number of alkyl halides is 3.